The van der Waals surface area contributed by atoms with Gasteiger partial charge in [0, 0.05) is 10.5 Å². The zero-order chi connectivity index (χ0) is 13.1. The molecule has 112 valence electrons. The van der Waals surface area contributed by atoms with Crippen molar-refractivity contribution in [2.24, 2.45) is 35.5 Å². The Morgan fingerprint density at radius 1 is 0.550 bits per heavy atom. The zero-order valence-corrected chi connectivity index (χ0v) is 14.1. The summed E-state index contributed by atoms with van der Waals surface area (Å²) in [6, 6.07) is 0. The van der Waals surface area contributed by atoms with E-state index in [0.717, 1.165) is 46.0 Å². The maximum absolute atomic E-state index is 2.36. The van der Waals surface area contributed by atoms with E-state index < -0.39 is 0 Å². The summed E-state index contributed by atoms with van der Waals surface area (Å²) in [5.41, 5.74) is 0. The lowest BCUT2D eigenvalue weighted by Crippen LogP contribution is -2.51. The lowest BCUT2D eigenvalue weighted by Gasteiger charge is -2.53. The molecule has 0 nitrogen and oxygen atoms in total. The van der Waals surface area contributed by atoms with E-state index in [4.69, 9.17) is 0 Å². The fraction of sp³-hybridized carbons (Fsp3) is 1.00. The van der Waals surface area contributed by atoms with Crippen LogP contribution in [0.3, 0.4) is 0 Å². The molecule has 0 N–H and O–H groups in total. The van der Waals surface area contributed by atoms with Gasteiger partial charge < -0.3 is 0 Å². The molecular weight excluding hydrogens is 280 g/mol. The Balaban J connectivity index is 1.45. The molecule has 5 aliphatic rings. The third kappa shape index (κ3) is 1.89. The van der Waals surface area contributed by atoms with E-state index >= 15 is 0 Å². The summed E-state index contributed by atoms with van der Waals surface area (Å²) in [6.45, 7) is 0. The monoisotopic (exact) mass is 308 g/mol. The first-order valence-electron chi connectivity index (χ1n) is 9.24. The van der Waals surface area contributed by atoms with Gasteiger partial charge in [-0.25, -0.2) is 0 Å². The molecule has 5 rings (SSSR count). The van der Waals surface area contributed by atoms with Crippen LogP contribution >= 0.6 is 21.6 Å². The lowest BCUT2D eigenvalue weighted by atomic mass is 9.54. The highest BCUT2D eigenvalue weighted by Crippen LogP contribution is 2.67. The summed E-state index contributed by atoms with van der Waals surface area (Å²) in [7, 11) is 4.72. The second kappa shape index (κ2) is 5.11. The minimum absolute atomic E-state index is 1.07. The van der Waals surface area contributed by atoms with Gasteiger partial charge in [0.05, 0.1) is 0 Å². The molecule has 0 amide bonds. The molecule has 0 aromatic heterocycles. The second-order valence-corrected chi connectivity index (χ2v) is 11.0. The number of rotatable bonds is 0. The quantitative estimate of drug-likeness (QED) is 0.521. The molecule has 0 radical (unpaired) electrons. The van der Waals surface area contributed by atoms with Crippen LogP contribution < -0.4 is 0 Å². The molecule has 0 bridgehead atoms. The summed E-state index contributed by atoms with van der Waals surface area (Å²) < 4.78 is 0. The Morgan fingerprint density at radius 2 is 1.05 bits per heavy atom. The standard InChI is InChI=1S/C18H28S2/c1-3-7-14-11(5-1)9-13-10-12-6-2-4-8-15(12)18-16(13)17(14)19-20-18/h11-18H,1-10H2. The molecule has 1 aliphatic heterocycles. The average Bonchev–Trinajstić information content (AvgIpc) is 2.94. The number of hydrogen-bond donors (Lipinski definition) is 0. The highest BCUT2D eigenvalue weighted by molar-refractivity contribution is 8.77. The van der Waals surface area contributed by atoms with E-state index in [2.05, 4.69) is 21.6 Å². The van der Waals surface area contributed by atoms with Gasteiger partial charge in [-0.1, -0.05) is 60.1 Å². The number of hydrogen-bond acceptors (Lipinski definition) is 2. The van der Waals surface area contributed by atoms with E-state index in [1.165, 1.54) is 12.8 Å². The molecule has 1 heterocycles. The van der Waals surface area contributed by atoms with Crippen molar-refractivity contribution in [1.29, 1.82) is 0 Å². The molecule has 4 aliphatic carbocycles. The maximum atomic E-state index is 2.36. The van der Waals surface area contributed by atoms with Gasteiger partial charge in [0.1, 0.15) is 0 Å². The Hall–Kier alpha value is 0.700. The SMILES string of the molecule is C1CCC2C(C1)CC1CC3CCCCC3C3SSC2C13. The maximum Gasteiger partial charge on any atom is 0.0224 e. The van der Waals surface area contributed by atoms with Crippen molar-refractivity contribution in [3.05, 3.63) is 0 Å². The van der Waals surface area contributed by atoms with Gasteiger partial charge in [0.2, 0.25) is 0 Å². The lowest BCUT2D eigenvalue weighted by molar-refractivity contribution is 0.0109. The van der Waals surface area contributed by atoms with Crippen molar-refractivity contribution < 1.29 is 0 Å². The van der Waals surface area contributed by atoms with Gasteiger partial charge >= 0.3 is 0 Å². The molecule has 1 saturated heterocycles. The van der Waals surface area contributed by atoms with Crippen LogP contribution in [0.25, 0.3) is 0 Å². The highest BCUT2D eigenvalue weighted by Gasteiger charge is 2.57. The molecule has 5 fully saturated rings. The van der Waals surface area contributed by atoms with Crippen molar-refractivity contribution in [2.45, 2.75) is 74.7 Å². The van der Waals surface area contributed by atoms with Crippen molar-refractivity contribution in [3.8, 4) is 0 Å². The van der Waals surface area contributed by atoms with Crippen LogP contribution in [0, 0.1) is 35.5 Å². The largest absolute Gasteiger partial charge is 0.0898 e. The Kier molecular flexibility index (Phi) is 3.37. The Morgan fingerprint density at radius 3 is 1.60 bits per heavy atom. The molecule has 4 saturated carbocycles. The van der Waals surface area contributed by atoms with E-state index in [9.17, 15) is 0 Å². The molecular formula is C18H28S2. The molecule has 0 aromatic carbocycles. The van der Waals surface area contributed by atoms with Gasteiger partial charge in [0.15, 0.2) is 0 Å². The van der Waals surface area contributed by atoms with Crippen molar-refractivity contribution >= 4 is 21.6 Å². The third-order valence-electron chi connectivity index (χ3n) is 7.57. The van der Waals surface area contributed by atoms with Gasteiger partial charge in [0.25, 0.3) is 0 Å². The van der Waals surface area contributed by atoms with Crippen molar-refractivity contribution in [3.63, 3.8) is 0 Å². The molecule has 0 spiro atoms. The average molecular weight is 309 g/mol. The predicted molar refractivity (Wildman–Crippen MR) is 89.9 cm³/mol. The van der Waals surface area contributed by atoms with Gasteiger partial charge in [-0.05, 0) is 61.2 Å². The van der Waals surface area contributed by atoms with Gasteiger partial charge in [-0.2, -0.15) is 0 Å². The topological polar surface area (TPSA) is 0 Å². The summed E-state index contributed by atoms with van der Waals surface area (Å²) in [5.74, 6) is 6.75. The molecule has 2 heteroatoms. The smallest absolute Gasteiger partial charge is 0.0224 e. The molecule has 6 atom stereocenters. The number of fused-ring (bicyclic) bond motifs is 4. The normalized spacial score (nSPS) is 57.6. The fourth-order valence-electron chi connectivity index (χ4n) is 6.80. The van der Waals surface area contributed by atoms with Crippen molar-refractivity contribution in [1.82, 2.24) is 0 Å². The van der Waals surface area contributed by atoms with Gasteiger partial charge in [-0.3, -0.25) is 0 Å². The first-order chi connectivity index (χ1) is 9.92. The van der Waals surface area contributed by atoms with E-state index in [1.54, 1.807) is 51.4 Å². The summed E-state index contributed by atoms with van der Waals surface area (Å²) in [4.78, 5) is 0. The van der Waals surface area contributed by atoms with Crippen LogP contribution in [0.5, 0.6) is 0 Å². The second-order valence-electron chi connectivity index (χ2n) is 8.35. The summed E-state index contributed by atoms with van der Waals surface area (Å²) >= 11 is 0. The predicted octanol–water partition coefficient (Wildman–Crippen LogP) is 5.77. The molecule has 6 unspecified atom stereocenters. The Bertz CT molecular complexity index is 348. The van der Waals surface area contributed by atoms with Crippen molar-refractivity contribution in [2.75, 3.05) is 0 Å². The van der Waals surface area contributed by atoms with Crippen LogP contribution in [0.15, 0.2) is 0 Å². The minimum atomic E-state index is 1.07. The van der Waals surface area contributed by atoms with Crippen LogP contribution in [0.1, 0.15) is 64.2 Å². The van der Waals surface area contributed by atoms with Gasteiger partial charge in [-0.15, -0.1) is 0 Å². The van der Waals surface area contributed by atoms with Crippen LogP contribution in [0.4, 0.5) is 0 Å². The summed E-state index contributed by atoms with van der Waals surface area (Å²) in [5, 5.41) is 2.13. The van der Waals surface area contributed by atoms with Crippen LogP contribution in [-0.2, 0) is 0 Å². The fourth-order valence-corrected chi connectivity index (χ4v) is 11.6. The van der Waals surface area contributed by atoms with Crippen LogP contribution in [-0.4, -0.2) is 10.5 Å². The minimum Gasteiger partial charge on any atom is -0.0898 e. The molecule has 0 aromatic rings. The van der Waals surface area contributed by atoms with E-state index in [1.807, 2.05) is 0 Å². The van der Waals surface area contributed by atoms with E-state index in [-0.39, 0.29) is 0 Å². The first-order valence-corrected chi connectivity index (χ1v) is 11.5. The molecule has 20 heavy (non-hydrogen) atoms. The van der Waals surface area contributed by atoms with E-state index in [0.29, 0.717) is 0 Å². The highest BCUT2D eigenvalue weighted by atomic mass is 33.1. The summed E-state index contributed by atoms with van der Waals surface area (Å²) in [6.07, 6.45) is 15.7. The van der Waals surface area contributed by atoms with Crippen LogP contribution in [0.2, 0.25) is 0 Å². The first kappa shape index (κ1) is 13.2. The Labute approximate surface area is 132 Å². The third-order valence-corrected chi connectivity index (χ3v) is 11.1. The zero-order valence-electron chi connectivity index (χ0n) is 12.5.